The van der Waals surface area contributed by atoms with Crippen molar-refractivity contribution >= 4 is 46.8 Å². The molecule has 88 heavy (non-hydrogen) atoms. The molecule has 0 aliphatic heterocycles. The van der Waals surface area contributed by atoms with E-state index in [9.17, 15) is 10.0 Å². The molecule has 0 aromatic heterocycles. The van der Waals surface area contributed by atoms with Gasteiger partial charge in [0.1, 0.15) is 0 Å². The lowest BCUT2D eigenvalue weighted by Gasteiger charge is -2.23. The quantitative estimate of drug-likeness (QED) is 0.0179. The van der Waals surface area contributed by atoms with Gasteiger partial charge in [0.2, 0.25) is 0 Å². The van der Waals surface area contributed by atoms with Crippen molar-refractivity contribution in [3.8, 4) is 0 Å². The Morgan fingerprint density at radius 2 is 0.466 bits per heavy atom. The normalized spacial score (nSPS) is 11.8. The van der Waals surface area contributed by atoms with Crippen LogP contribution in [-0.2, 0) is 19.5 Å². The monoisotopic (exact) mass is 1230 g/mol. The third-order valence-electron chi connectivity index (χ3n) is 20.2. The summed E-state index contributed by atoms with van der Waals surface area (Å²) in [6, 6.07) is 25.7. The highest BCUT2D eigenvalue weighted by atomic mass is 32.1. The molecule has 0 aliphatic carbocycles. The van der Waals surface area contributed by atoms with E-state index in [-0.39, 0.29) is 0 Å². The van der Waals surface area contributed by atoms with Crippen LogP contribution >= 0.6 is 12.6 Å². The van der Waals surface area contributed by atoms with E-state index >= 15 is 0 Å². The molecule has 4 aromatic rings. The number of aryl methyl sites for hydroxylation is 1. The molecule has 0 radical (unpaired) electrons. The molecule has 5 heteroatoms. The summed E-state index contributed by atoms with van der Waals surface area (Å²) in [6.07, 6.45) is 85.7. The van der Waals surface area contributed by atoms with E-state index in [0.29, 0.717) is 12.0 Å². The zero-order chi connectivity index (χ0) is 62.1. The van der Waals surface area contributed by atoms with Crippen molar-refractivity contribution in [1.82, 2.24) is 4.90 Å². The van der Waals surface area contributed by atoms with Gasteiger partial charge in [-0.2, -0.15) is 12.6 Å². The van der Waals surface area contributed by atoms with Gasteiger partial charge in [0.05, 0.1) is 0 Å². The van der Waals surface area contributed by atoms with Crippen molar-refractivity contribution in [3.63, 3.8) is 0 Å². The SMILES string of the molecule is CN(Cc1ccccc1B(O)O)Cc1c2ccccc2c(CCCCCCCCCCCCCCCCCCCCCCCCCCCCCCCCCCCCCCCCCCCCCCCCCCCCCCCCCCCCS)c2ccccc12. The van der Waals surface area contributed by atoms with Gasteiger partial charge in [0.25, 0.3) is 0 Å². The van der Waals surface area contributed by atoms with E-state index < -0.39 is 7.12 Å². The maximum atomic E-state index is 9.96. The summed E-state index contributed by atoms with van der Waals surface area (Å²) < 4.78 is 0. The van der Waals surface area contributed by atoms with Gasteiger partial charge in [-0.3, -0.25) is 4.90 Å². The first kappa shape index (κ1) is 78.1. The van der Waals surface area contributed by atoms with Crippen molar-refractivity contribution in [2.24, 2.45) is 0 Å². The summed E-state index contributed by atoms with van der Waals surface area (Å²) in [5.74, 6) is 1.07. The largest absolute Gasteiger partial charge is 0.488 e. The van der Waals surface area contributed by atoms with Gasteiger partial charge in [0, 0.05) is 13.1 Å². The van der Waals surface area contributed by atoms with Crippen molar-refractivity contribution < 1.29 is 10.0 Å². The third kappa shape index (κ3) is 39.9. The van der Waals surface area contributed by atoms with E-state index in [1.165, 1.54) is 405 Å². The molecular weight excluding hydrogens is 1090 g/mol. The summed E-state index contributed by atoms with van der Waals surface area (Å²) in [6.45, 7) is 1.44. The summed E-state index contributed by atoms with van der Waals surface area (Å²) in [4.78, 5) is 2.30. The molecule has 0 atom stereocenters. The molecule has 3 nitrogen and oxygen atoms in total. The molecule has 0 amide bonds. The van der Waals surface area contributed by atoms with E-state index in [1.807, 2.05) is 24.3 Å². The van der Waals surface area contributed by atoms with E-state index in [2.05, 4.69) is 73.1 Å². The molecule has 0 aliphatic rings. The van der Waals surface area contributed by atoms with E-state index in [4.69, 9.17) is 0 Å². The number of thiol groups is 1. The molecule has 0 spiro atoms. The Kier molecular flexibility index (Phi) is 50.9. The van der Waals surface area contributed by atoms with Crippen LogP contribution in [0.25, 0.3) is 21.5 Å². The average molecular weight is 1230 g/mol. The topological polar surface area (TPSA) is 43.7 Å². The van der Waals surface area contributed by atoms with Gasteiger partial charge in [-0.15, -0.1) is 0 Å². The van der Waals surface area contributed by atoms with E-state index in [1.54, 1.807) is 0 Å². The van der Waals surface area contributed by atoms with Crippen LogP contribution in [0.4, 0.5) is 0 Å². The molecule has 0 heterocycles. The number of nitrogens with zero attached hydrogens (tertiary/aromatic N) is 1. The smallest absolute Gasteiger partial charge is 0.423 e. The number of unbranched alkanes of at least 4 members (excludes halogenated alkanes) is 57. The second kappa shape index (κ2) is 57.4. The highest BCUT2D eigenvalue weighted by Gasteiger charge is 2.19. The Labute approximate surface area is 552 Å². The zero-order valence-electron chi connectivity index (χ0n) is 58.1. The average Bonchev–Trinajstić information content (AvgIpc) is 1.46. The highest BCUT2D eigenvalue weighted by Crippen LogP contribution is 2.35. The lowest BCUT2D eigenvalue weighted by Crippen LogP contribution is -2.35. The summed E-state index contributed by atoms with van der Waals surface area (Å²) in [5.41, 5.74) is 4.39. The second-order valence-corrected chi connectivity index (χ2v) is 28.7. The highest BCUT2D eigenvalue weighted by molar-refractivity contribution is 7.80. The fourth-order valence-corrected chi connectivity index (χ4v) is 14.8. The number of benzene rings is 4. The van der Waals surface area contributed by atoms with Crippen LogP contribution in [0.15, 0.2) is 72.8 Å². The predicted molar refractivity (Wildman–Crippen MR) is 398 cm³/mol. The summed E-state index contributed by atoms with van der Waals surface area (Å²) in [5, 5.41) is 25.4. The Morgan fingerprint density at radius 1 is 0.261 bits per heavy atom. The molecule has 0 bridgehead atoms. The fourth-order valence-electron chi connectivity index (χ4n) is 14.6. The molecule has 500 valence electrons. The van der Waals surface area contributed by atoms with Gasteiger partial charge in [0.15, 0.2) is 0 Å². The molecule has 0 fully saturated rings. The summed E-state index contributed by atoms with van der Waals surface area (Å²) >= 11 is 4.31. The predicted octanol–water partition coefficient (Wildman–Crippen LogP) is 26.4. The number of fused-ring (bicyclic) bond motifs is 2. The third-order valence-corrected chi connectivity index (χ3v) is 20.5. The van der Waals surface area contributed by atoms with Crippen LogP contribution in [0.1, 0.15) is 389 Å². The van der Waals surface area contributed by atoms with Gasteiger partial charge in [-0.05, 0) is 75.8 Å². The minimum Gasteiger partial charge on any atom is -0.423 e. The Bertz CT molecular complexity index is 2100. The summed E-state index contributed by atoms with van der Waals surface area (Å²) in [7, 11) is 0.671. The van der Waals surface area contributed by atoms with Gasteiger partial charge >= 0.3 is 7.12 Å². The first-order valence-electron chi connectivity index (χ1n) is 39.2. The maximum absolute atomic E-state index is 9.96. The minimum absolute atomic E-state index is 0.581. The zero-order valence-corrected chi connectivity index (χ0v) is 59.0. The number of hydrogen-bond donors (Lipinski definition) is 3. The van der Waals surface area contributed by atoms with Crippen LogP contribution in [0.3, 0.4) is 0 Å². The van der Waals surface area contributed by atoms with E-state index in [0.717, 1.165) is 24.3 Å². The van der Waals surface area contributed by atoms with Crippen molar-refractivity contribution in [3.05, 3.63) is 89.5 Å². The number of hydrogen-bond acceptors (Lipinski definition) is 4. The first-order chi connectivity index (χ1) is 43.6. The molecule has 0 unspecified atom stereocenters. The van der Waals surface area contributed by atoms with Crippen molar-refractivity contribution in [1.29, 1.82) is 0 Å². The fraction of sp³-hybridized carbons (Fsp3) is 0.759. The molecular formula is C83H142BNO2S. The van der Waals surface area contributed by atoms with Gasteiger partial charge < -0.3 is 10.0 Å². The Morgan fingerprint density at radius 3 is 0.705 bits per heavy atom. The van der Waals surface area contributed by atoms with Gasteiger partial charge in [-0.1, -0.05) is 432 Å². The second-order valence-electron chi connectivity index (χ2n) is 28.3. The Hall–Kier alpha value is -2.31. The van der Waals surface area contributed by atoms with Crippen LogP contribution < -0.4 is 5.46 Å². The molecule has 0 saturated heterocycles. The minimum atomic E-state index is -1.46. The molecule has 2 N–H and O–H groups in total. The molecule has 4 aromatic carbocycles. The maximum Gasteiger partial charge on any atom is 0.488 e. The standard InChI is InChI=1S/C83H142BNO2S/c1-85(74-76-66-59-64-72-83(76)84(86)87)75-82-80-70-62-60-68-78(80)77(79-69-61-63-71-81(79)82)67-58-56-54-52-50-48-46-44-42-40-38-36-34-32-30-28-26-24-22-20-18-16-14-12-10-8-6-4-2-3-5-7-9-11-13-15-17-19-21-23-25-27-29-31-33-35-37-39-41-43-45-47-49-51-53-55-57-65-73-88/h59-64,66,68-72,86-88H,2-58,65,67,73-75H2,1H3. The van der Waals surface area contributed by atoms with Crippen LogP contribution in [0.2, 0.25) is 0 Å². The first-order valence-corrected chi connectivity index (χ1v) is 39.9. The molecule has 4 rings (SSSR count). The van der Waals surface area contributed by atoms with Crippen molar-refractivity contribution in [2.45, 2.75) is 392 Å². The Balaban J connectivity index is 0.785. The number of rotatable bonds is 65. The van der Waals surface area contributed by atoms with Crippen LogP contribution in [-0.4, -0.2) is 34.9 Å². The van der Waals surface area contributed by atoms with Crippen LogP contribution in [0, 0.1) is 0 Å². The molecule has 0 saturated carbocycles. The lowest BCUT2D eigenvalue weighted by atomic mass is 9.77. The van der Waals surface area contributed by atoms with Crippen LogP contribution in [0.5, 0.6) is 0 Å². The van der Waals surface area contributed by atoms with Gasteiger partial charge in [-0.25, -0.2) is 0 Å². The lowest BCUT2D eigenvalue weighted by molar-refractivity contribution is 0.321. The van der Waals surface area contributed by atoms with Crippen molar-refractivity contribution in [2.75, 3.05) is 12.8 Å².